The van der Waals surface area contributed by atoms with Gasteiger partial charge in [-0.2, -0.15) is 0 Å². The van der Waals surface area contributed by atoms with Crippen LogP contribution in [0.15, 0.2) is 83.6 Å². The first-order valence-electron chi connectivity index (χ1n) is 10.2. The molecule has 0 aliphatic heterocycles. The molecule has 1 heterocycles. The number of halogens is 2. The van der Waals surface area contributed by atoms with Crippen LogP contribution in [0.3, 0.4) is 0 Å². The molecule has 0 atom stereocenters. The van der Waals surface area contributed by atoms with Crippen molar-refractivity contribution >= 4 is 34.6 Å². The van der Waals surface area contributed by atoms with E-state index in [1.165, 1.54) is 0 Å². The molecule has 0 radical (unpaired) electrons. The topological polar surface area (TPSA) is 77.5 Å². The van der Waals surface area contributed by atoms with E-state index in [1.807, 2.05) is 74.0 Å². The highest BCUT2D eigenvalue weighted by Gasteiger charge is 2.26. The van der Waals surface area contributed by atoms with Gasteiger partial charge in [-0.05, 0) is 42.8 Å². The highest BCUT2D eigenvalue weighted by atomic mass is 35.5. The molecule has 0 aliphatic rings. The number of nitrogens with one attached hydrogen (secondary N) is 1. The maximum Gasteiger partial charge on any atom is 0.144 e. The Morgan fingerprint density at radius 3 is 2.52 bits per heavy atom. The van der Waals surface area contributed by atoms with E-state index in [1.54, 1.807) is 19.5 Å². The van der Waals surface area contributed by atoms with E-state index in [4.69, 9.17) is 38.7 Å². The fourth-order valence-electron chi connectivity index (χ4n) is 3.36. The minimum atomic E-state index is -0.504. The number of nitrogens with zero attached hydrogens (tertiary/aromatic N) is 3. The summed E-state index contributed by atoms with van der Waals surface area (Å²) in [6.45, 7) is 10.1. The highest BCUT2D eigenvalue weighted by molar-refractivity contribution is 6.31. The van der Waals surface area contributed by atoms with Gasteiger partial charge in [0, 0.05) is 28.4 Å². The van der Waals surface area contributed by atoms with Gasteiger partial charge in [0.05, 0.1) is 30.5 Å². The first-order chi connectivity index (χ1) is 15.6. The zero-order valence-electron chi connectivity index (χ0n) is 19.1. The Balaban J connectivity index is 1.90. The van der Waals surface area contributed by atoms with Gasteiger partial charge in [-0.25, -0.2) is 9.98 Å². The van der Waals surface area contributed by atoms with Crippen LogP contribution in [0.25, 0.3) is 5.69 Å². The Labute approximate surface area is 204 Å². The lowest BCUT2D eigenvalue weighted by Crippen LogP contribution is -2.28. The normalized spacial score (nSPS) is 12.5. The largest absolute Gasteiger partial charge is 0.494 e. The fourth-order valence-corrected chi connectivity index (χ4v) is 3.59. The number of hydrogen-bond acceptors (Lipinski definition) is 5. The summed E-state index contributed by atoms with van der Waals surface area (Å²) in [6, 6.07) is 13.3. The minimum Gasteiger partial charge on any atom is -0.494 e. The quantitative estimate of drug-likeness (QED) is 0.296. The van der Waals surface area contributed by atoms with Crippen LogP contribution in [0.4, 0.5) is 5.69 Å². The Hall–Kier alpha value is -3.22. The Bertz CT molecular complexity index is 1210. The third-order valence-electron chi connectivity index (χ3n) is 5.19. The summed E-state index contributed by atoms with van der Waals surface area (Å²) in [5, 5.41) is 4.01. The van der Waals surface area contributed by atoms with Crippen LogP contribution >= 0.6 is 23.2 Å². The number of aryl methyl sites for hydroxylation is 1. The third kappa shape index (κ3) is 5.97. The number of benzene rings is 2. The molecule has 3 N–H and O–H groups in total. The Morgan fingerprint density at radius 2 is 1.94 bits per heavy atom. The molecule has 0 fully saturated rings. The van der Waals surface area contributed by atoms with Crippen LogP contribution in [-0.2, 0) is 5.41 Å². The Morgan fingerprint density at radius 1 is 1.24 bits per heavy atom. The number of rotatable bonds is 8. The van der Waals surface area contributed by atoms with Crippen molar-refractivity contribution in [1.29, 1.82) is 0 Å². The van der Waals surface area contributed by atoms with Gasteiger partial charge in [0.1, 0.15) is 16.7 Å². The van der Waals surface area contributed by atoms with Crippen molar-refractivity contribution in [2.24, 2.45) is 10.7 Å². The zero-order chi connectivity index (χ0) is 24.2. The van der Waals surface area contributed by atoms with Gasteiger partial charge in [0.15, 0.2) is 0 Å². The van der Waals surface area contributed by atoms with Gasteiger partial charge < -0.3 is 20.4 Å². The molecular weight excluding hydrogens is 457 g/mol. The molecule has 0 unspecified atom stereocenters. The van der Waals surface area contributed by atoms with Gasteiger partial charge in [-0.1, -0.05) is 55.8 Å². The lowest BCUT2D eigenvalue weighted by Gasteiger charge is -2.26. The second-order valence-corrected chi connectivity index (χ2v) is 8.91. The average Bonchev–Trinajstić information content (AvgIpc) is 3.19. The van der Waals surface area contributed by atoms with E-state index in [-0.39, 0.29) is 5.16 Å². The predicted octanol–water partition coefficient (Wildman–Crippen LogP) is 6.18. The second-order valence-electron chi connectivity index (χ2n) is 8.04. The van der Waals surface area contributed by atoms with Gasteiger partial charge in [0.2, 0.25) is 0 Å². The maximum absolute atomic E-state index is 6.05. The van der Waals surface area contributed by atoms with Gasteiger partial charge in [0.25, 0.3) is 0 Å². The molecular formula is C25H27Cl2N5O. The molecule has 0 saturated heterocycles. The maximum atomic E-state index is 6.05. The van der Waals surface area contributed by atoms with E-state index in [0.29, 0.717) is 22.3 Å². The van der Waals surface area contributed by atoms with E-state index in [0.717, 1.165) is 22.6 Å². The van der Waals surface area contributed by atoms with Crippen molar-refractivity contribution in [3.05, 3.63) is 94.9 Å². The van der Waals surface area contributed by atoms with E-state index in [9.17, 15) is 0 Å². The smallest absolute Gasteiger partial charge is 0.144 e. The summed E-state index contributed by atoms with van der Waals surface area (Å²) in [7, 11) is 1.63. The number of methoxy groups -OCH3 is 1. The molecule has 0 bridgehead atoms. The molecule has 8 heteroatoms. The molecule has 6 nitrogen and oxygen atoms in total. The molecule has 0 saturated carbocycles. The van der Waals surface area contributed by atoms with Crippen LogP contribution in [-0.4, -0.2) is 22.4 Å². The summed E-state index contributed by atoms with van der Waals surface area (Å²) >= 11 is 12.1. The number of nitrogens with two attached hydrogens (primary N) is 1. The van der Waals surface area contributed by atoms with Crippen molar-refractivity contribution in [2.75, 3.05) is 12.4 Å². The zero-order valence-corrected chi connectivity index (χ0v) is 20.6. The first kappa shape index (κ1) is 24.4. The number of anilines is 1. The number of imidazole rings is 1. The SMILES string of the molecule is C=C(/N=C(\C=C(/N)Cl)C(C)(C)c1ccc(Cl)cc1)Nc1ccc(-n2cnc(C)c2)c(OC)c1. The molecule has 0 amide bonds. The van der Waals surface area contributed by atoms with Crippen LogP contribution in [0.5, 0.6) is 5.75 Å². The second kappa shape index (κ2) is 10.1. The van der Waals surface area contributed by atoms with Crippen molar-refractivity contribution < 1.29 is 4.74 Å². The van der Waals surface area contributed by atoms with E-state index < -0.39 is 5.41 Å². The van der Waals surface area contributed by atoms with Crippen LogP contribution in [0.2, 0.25) is 5.02 Å². The molecule has 0 aliphatic carbocycles. The molecule has 0 spiro atoms. The summed E-state index contributed by atoms with van der Waals surface area (Å²) in [5.74, 6) is 1.11. The van der Waals surface area contributed by atoms with Crippen molar-refractivity contribution in [3.63, 3.8) is 0 Å². The van der Waals surface area contributed by atoms with Crippen molar-refractivity contribution in [3.8, 4) is 11.4 Å². The molecule has 1 aromatic heterocycles. The summed E-state index contributed by atoms with van der Waals surface area (Å²) in [6.07, 6.45) is 5.31. The average molecular weight is 484 g/mol. The minimum absolute atomic E-state index is 0.130. The predicted molar refractivity (Wildman–Crippen MR) is 138 cm³/mol. The van der Waals surface area contributed by atoms with Crippen LogP contribution in [0, 0.1) is 6.92 Å². The monoisotopic (exact) mass is 483 g/mol. The molecule has 33 heavy (non-hydrogen) atoms. The number of aliphatic imine (C=N–C) groups is 1. The fraction of sp³-hybridized carbons (Fsp3) is 0.200. The van der Waals surface area contributed by atoms with E-state index in [2.05, 4.69) is 16.9 Å². The molecule has 172 valence electrons. The standard InChI is InChI=1S/C25H27Cl2N5O/c1-16-14-32(15-29-16)21-11-10-20(12-22(21)33-5)30-17(2)31-23(13-24(27)28)25(3,4)18-6-8-19(26)9-7-18/h6-15,30H,2,28H2,1,3-5H3/b24-13-,31-23+. The third-order valence-corrected chi connectivity index (χ3v) is 5.56. The summed E-state index contributed by atoms with van der Waals surface area (Å²) in [5.41, 5.74) is 9.50. The van der Waals surface area contributed by atoms with Crippen molar-refractivity contribution in [1.82, 2.24) is 9.55 Å². The van der Waals surface area contributed by atoms with Gasteiger partial charge in [-0.15, -0.1) is 0 Å². The molecule has 3 aromatic rings. The number of allylic oxidation sites excluding steroid dienone is 1. The summed E-state index contributed by atoms with van der Waals surface area (Å²) < 4.78 is 7.49. The highest BCUT2D eigenvalue weighted by Crippen LogP contribution is 2.30. The van der Waals surface area contributed by atoms with Crippen LogP contribution < -0.4 is 15.8 Å². The first-order valence-corrected chi connectivity index (χ1v) is 11.0. The summed E-state index contributed by atoms with van der Waals surface area (Å²) in [4.78, 5) is 8.98. The number of ether oxygens (including phenoxy) is 1. The lowest BCUT2D eigenvalue weighted by molar-refractivity contribution is 0.413. The molecule has 2 aromatic carbocycles. The van der Waals surface area contributed by atoms with E-state index >= 15 is 0 Å². The van der Waals surface area contributed by atoms with Crippen LogP contribution in [0.1, 0.15) is 25.1 Å². The molecule has 3 rings (SSSR count). The lowest BCUT2D eigenvalue weighted by atomic mass is 9.80. The number of hydrogen-bond donors (Lipinski definition) is 2. The van der Waals surface area contributed by atoms with Gasteiger partial charge >= 0.3 is 0 Å². The van der Waals surface area contributed by atoms with Gasteiger partial charge in [-0.3, -0.25) is 0 Å². The van der Waals surface area contributed by atoms with Crippen molar-refractivity contribution in [2.45, 2.75) is 26.2 Å². The Kier molecular flexibility index (Phi) is 7.51. The number of aromatic nitrogens is 2.